The molecule has 1 amide bonds. The number of fused-ring (bicyclic) bond motifs is 3. The maximum atomic E-state index is 14.1. The Hall–Kier alpha value is -2.75. The molecule has 32 heavy (non-hydrogen) atoms. The summed E-state index contributed by atoms with van der Waals surface area (Å²) in [6, 6.07) is 8.68. The minimum absolute atomic E-state index is 0.00693. The molecule has 10 heteroatoms. The molecule has 0 N–H and O–H groups in total. The number of imidazole rings is 1. The Labute approximate surface area is 191 Å². The minimum Gasteiger partial charge on any atom is -0.444 e. The van der Waals surface area contributed by atoms with E-state index in [4.69, 9.17) is 9.47 Å². The lowest BCUT2D eigenvalue weighted by Crippen LogP contribution is -2.44. The highest BCUT2D eigenvalue weighted by Crippen LogP contribution is 2.37. The number of para-hydroxylation sites is 1. The Bertz CT molecular complexity index is 1180. The van der Waals surface area contributed by atoms with Crippen molar-refractivity contribution in [2.75, 3.05) is 6.54 Å². The maximum absolute atomic E-state index is 14.1. The number of carbonyl (C=O) groups is 1. The molecular weight excluding hydrogens is 491 g/mol. The van der Waals surface area contributed by atoms with Gasteiger partial charge in [-0.1, -0.05) is 18.2 Å². The monoisotopic (exact) mass is 511 g/mol. The van der Waals surface area contributed by atoms with Crippen LogP contribution in [0.15, 0.2) is 40.9 Å². The van der Waals surface area contributed by atoms with Crippen LogP contribution in [-0.2, 0) is 11.3 Å². The molecule has 0 spiro atoms. The van der Waals surface area contributed by atoms with Crippen molar-refractivity contribution in [1.82, 2.24) is 14.5 Å². The van der Waals surface area contributed by atoms with Crippen LogP contribution in [0.1, 0.15) is 38.2 Å². The lowest BCUT2D eigenvalue weighted by molar-refractivity contribution is -0.0509. The molecule has 2 heterocycles. The Morgan fingerprint density at radius 3 is 2.66 bits per heavy atom. The number of alkyl halides is 2. The van der Waals surface area contributed by atoms with Gasteiger partial charge < -0.3 is 14.0 Å². The van der Waals surface area contributed by atoms with Gasteiger partial charge in [0.2, 0.25) is 0 Å². The lowest BCUT2D eigenvalue weighted by Gasteiger charge is -2.36. The van der Waals surface area contributed by atoms with Crippen molar-refractivity contribution in [3.8, 4) is 5.75 Å². The highest BCUT2D eigenvalue weighted by Gasteiger charge is 2.35. The number of benzene rings is 2. The molecule has 1 aliphatic heterocycles. The summed E-state index contributed by atoms with van der Waals surface area (Å²) in [6.45, 7) is 2.52. The van der Waals surface area contributed by atoms with Crippen molar-refractivity contribution in [3.05, 3.63) is 58.1 Å². The molecule has 0 fully saturated rings. The predicted molar refractivity (Wildman–Crippen MR) is 115 cm³/mol. The summed E-state index contributed by atoms with van der Waals surface area (Å²) < 4.78 is 52.6. The van der Waals surface area contributed by atoms with E-state index in [-0.39, 0.29) is 23.3 Å². The van der Waals surface area contributed by atoms with E-state index in [1.54, 1.807) is 45.0 Å². The van der Waals surface area contributed by atoms with Gasteiger partial charge in [0.05, 0.1) is 28.1 Å². The van der Waals surface area contributed by atoms with Crippen molar-refractivity contribution >= 4 is 33.1 Å². The van der Waals surface area contributed by atoms with Crippen LogP contribution < -0.4 is 4.74 Å². The summed E-state index contributed by atoms with van der Waals surface area (Å²) in [6.07, 6.45) is -0.555. The largest absolute Gasteiger partial charge is 0.444 e. The first-order valence-electron chi connectivity index (χ1n) is 9.91. The fourth-order valence-corrected chi connectivity index (χ4v) is 4.12. The van der Waals surface area contributed by atoms with Gasteiger partial charge in [0.15, 0.2) is 0 Å². The molecule has 2 aromatic carbocycles. The van der Waals surface area contributed by atoms with E-state index in [0.29, 0.717) is 22.4 Å². The van der Waals surface area contributed by atoms with Gasteiger partial charge in [-0.2, -0.15) is 8.78 Å². The SMILES string of the molecule is CC(C)(C)OC(=O)N1Cc2nc3cc(F)c(Br)cc3n2[C@H](c2ccccc2OC(F)F)C1. The number of aromatic nitrogens is 2. The number of nitrogens with zero attached hydrogens (tertiary/aromatic N) is 3. The number of halogens is 4. The lowest BCUT2D eigenvalue weighted by atomic mass is 10.0. The zero-order valence-corrected chi connectivity index (χ0v) is 19.2. The molecule has 0 unspecified atom stereocenters. The maximum Gasteiger partial charge on any atom is 0.410 e. The molecule has 0 bridgehead atoms. The molecule has 0 radical (unpaired) electrons. The molecule has 0 saturated heterocycles. The standard InChI is InChI=1S/C22H21BrF3N3O3/c1-22(2,3)32-21(30)28-10-17(12-6-4-5-7-18(12)31-20(25)26)29-16-8-13(23)14(24)9-15(16)27-19(29)11-28/h4-9,17,20H,10-11H2,1-3H3/t17-/m0/s1. The molecule has 170 valence electrons. The van der Waals surface area contributed by atoms with Gasteiger partial charge in [-0.25, -0.2) is 14.2 Å². The Balaban J connectivity index is 1.86. The van der Waals surface area contributed by atoms with Gasteiger partial charge in [-0.3, -0.25) is 4.90 Å². The third-order valence-electron chi connectivity index (χ3n) is 4.99. The van der Waals surface area contributed by atoms with Crippen molar-refractivity contribution < 1.29 is 27.4 Å². The first-order valence-corrected chi connectivity index (χ1v) is 10.7. The number of carbonyl (C=O) groups excluding carboxylic acids is 1. The first kappa shape index (κ1) is 22.4. The molecule has 0 aliphatic carbocycles. The van der Waals surface area contributed by atoms with Crippen LogP contribution in [0.3, 0.4) is 0 Å². The number of rotatable bonds is 3. The predicted octanol–water partition coefficient (Wildman–Crippen LogP) is 5.88. The summed E-state index contributed by atoms with van der Waals surface area (Å²) in [5.41, 5.74) is 0.731. The quantitative estimate of drug-likeness (QED) is 0.440. The van der Waals surface area contributed by atoms with Crippen LogP contribution in [0.5, 0.6) is 5.75 Å². The average molecular weight is 512 g/mol. The van der Waals surface area contributed by atoms with Gasteiger partial charge in [-0.15, -0.1) is 0 Å². The zero-order valence-electron chi connectivity index (χ0n) is 17.6. The third-order valence-corrected chi connectivity index (χ3v) is 5.60. The molecule has 1 aliphatic rings. The second-order valence-electron chi connectivity index (χ2n) is 8.45. The topological polar surface area (TPSA) is 56.6 Å². The number of hydrogen-bond donors (Lipinski definition) is 0. The second-order valence-corrected chi connectivity index (χ2v) is 9.30. The van der Waals surface area contributed by atoms with Crippen LogP contribution in [0.2, 0.25) is 0 Å². The zero-order chi connectivity index (χ0) is 23.2. The van der Waals surface area contributed by atoms with Crippen LogP contribution in [0.4, 0.5) is 18.0 Å². The normalized spacial score (nSPS) is 16.4. The highest BCUT2D eigenvalue weighted by molar-refractivity contribution is 9.10. The van der Waals surface area contributed by atoms with Crippen molar-refractivity contribution in [3.63, 3.8) is 0 Å². The van der Waals surface area contributed by atoms with Gasteiger partial charge in [0, 0.05) is 18.2 Å². The number of amides is 1. The molecule has 6 nitrogen and oxygen atoms in total. The van der Waals surface area contributed by atoms with Crippen LogP contribution >= 0.6 is 15.9 Å². The van der Waals surface area contributed by atoms with Crippen LogP contribution in [0, 0.1) is 5.82 Å². The van der Waals surface area contributed by atoms with E-state index in [2.05, 4.69) is 20.9 Å². The van der Waals surface area contributed by atoms with Crippen LogP contribution in [0.25, 0.3) is 11.0 Å². The fourth-order valence-electron chi connectivity index (χ4n) is 3.79. The first-order chi connectivity index (χ1) is 15.0. The van der Waals surface area contributed by atoms with Crippen molar-refractivity contribution in [2.45, 2.75) is 45.6 Å². The van der Waals surface area contributed by atoms with E-state index < -0.39 is 30.2 Å². The summed E-state index contributed by atoms with van der Waals surface area (Å²) in [4.78, 5) is 18.8. The minimum atomic E-state index is -3.01. The van der Waals surface area contributed by atoms with E-state index in [9.17, 15) is 18.0 Å². The second kappa shape index (κ2) is 8.31. The molecular formula is C22H21BrF3N3O3. The Morgan fingerprint density at radius 2 is 1.97 bits per heavy atom. The third kappa shape index (κ3) is 4.41. The summed E-state index contributed by atoms with van der Waals surface area (Å²) in [7, 11) is 0. The molecule has 1 aromatic heterocycles. The van der Waals surface area contributed by atoms with E-state index in [1.807, 2.05) is 4.57 Å². The molecule has 3 aromatic rings. The van der Waals surface area contributed by atoms with Gasteiger partial charge >= 0.3 is 12.7 Å². The smallest absolute Gasteiger partial charge is 0.410 e. The number of hydrogen-bond acceptors (Lipinski definition) is 4. The van der Waals surface area contributed by atoms with Crippen LogP contribution in [-0.4, -0.2) is 39.3 Å². The highest BCUT2D eigenvalue weighted by atomic mass is 79.9. The van der Waals surface area contributed by atoms with E-state index in [0.717, 1.165) is 0 Å². The molecule has 4 rings (SSSR count). The fraction of sp³-hybridized carbons (Fsp3) is 0.364. The number of ether oxygens (including phenoxy) is 2. The van der Waals surface area contributed by atoms with E-state index in [1.165, 1.54) is 17.0 Å². The van der Waals surface area contributed by atoms with Crippen molar-refractivity contribution in [1.29, 1.82) is 0 Å². The molecule has 0 saturated carbocycles. The Kier molecular flexibility index (Phi) is 5.83. The van der Waals surface area contributed by atoms with E-state index >= 15 is 0 Å². The Morgan fingerprint density at radius 1 is 1.25 bits per heavy atom. The van der Waals surface area contributed by atoms with Gasteiger partial charge in [0.1, 0.15) is 23.0 Å². The summed E-state index contributed by atoms with van der Waals surface area (Å²) >= 11 is 3.20. The summed E-state index contributed by atoms with van der Waals surface area (Å²) in [5, 5.41) is 0. The van der Waals surface area contributed by atoms with Gasteiger partial charge in [0.25, 0.3) is 0 Å². The molecule has 1 atom stereocenters. The van der Waals surface area contributed by atoms with Gasteiger partial charge in [-0.05, 0) is 48.8 Å². The van der Waals surface area contributed by atoms with Crippen molar-refractivity contribution in [2.24, 2.45) is 0 Å². The summed E-state index contributed by atoms with van der Waals surface area (Å²) in [5.74, 6) is -0.00564. The average Bonchev–Trinajstić information content (AvgIpc) is 3.03.